The minimum Gasteiger partial charge on any atom is -0.491 e. The summed E-state index contributed by atoms with van der Waals surface area (Å²) in [4.78, 5) is 7.28. The second kappa shape index (κ2) is 5.26. The van der Waals surface area contributed by atoms with Crippen LogP contribution in [0.25, 0.3) is 11.4 Å². The first kappa shape index (κ1) is 13.1. The van der Waals surface area contributed by atoms with Crippen molar-refractivity contribution in [2.75, 3.05) is 13.2 Å². The Bertz CT molecular complexity index is 549. The lowest BCUT2D eigenvalue weighted by Gasteiger charge is -2.17. The predicted molar refractivity (Wildman–Crippen MR) is 74.4 cm³/mol. The zero-order valence-electron chi connectivity index (χ0n) is 11.6. The number of benzene rings is 1. The number of rotatable bonds is 4. The first-order valence-corrected chi connectivity index (χ1v) is 6.67. The monoisotopic (exact) mass is 274 g/mol. The number of ether oxygens (including phenoxy) is 3. The lowest BCUT2D eigenvalue weighted by molar-refractivity contribution is -0.141. The number of hydrogen-bond acceptors (Lipinski definition) is 4. The summed E-state index contributed by atoms with van der Waals surface area (Å²) in [6.45, 7) is 4.87. The molecule has 2 aromatic rings. The number of aromatic amines is 1. The number of nitrogens with zero attached hydrogens (tertiary/aromatic N) is 1. The number of imidazole rings is 1. The van der Waals surface area contributed by atoms with Gasteiger partial charge in [0.2, 0.25) is 0 Å². The van der Waals surface area contributed by atoms with Crippen LogP contribution in [0.2, 0.25) is 0 Å². The van der Waals surface area contributed by atoms with Crippen LogP contribution in [0.15, 0.2) is 36.7 Å². The van der Waals surface area contributed by atoms with Crippen molar-refractivity contribution in [1.29, 1.82) is 0 Å². The van der Waals surface area contributed by atoms with Crippen LogP contribution in [0, 0.1) is 0 Å². The molecule has 1 aromatic carbocycles. The van der Waals surface area contributed by atoms with E-state index in [4.69, 9.17) is 14.2 Å². The number of hydrogen-bond donors (Lipinski definition) is 1. The number of aromatic nitrogens is 2. The van der Waals surface area contributed by atoms with Crippen molar-refractivity contribution < 1.29 is 14.2 Å². The molecule has 0 spiro atoms. The van der Waals surface area contributed by atoms with Gasteiger partial charge in [-0.15, -0.1) is 0 Å². The van der Waals surface area contributed by atoms with Crippen LogP contribution in [0.3, 0.4) is 0 Å². The maximum absolute atomic E-state index is 5.72. The second-order valence-electron chi connectivity index (χ2n) is 5.22. The number of nitrogens with one attached hydrogen (secondary N) is 1. The Balaban J connectivity index is 1.56. The molecule has 1 aliphatic rings. The molecular weight excluding hydrogens is 256 g/mol. The van der Waals surface area contributed by atoms with Crippen LogP contribution in [-0.2, 0) is 9.47 Å². The highest BCUT2D eigenvalue weighted by Gasteiger charge is 2.32. The van der Waals surface area contributed by atoms with E-state index < -0.39 is 5.79 Å². The summed E-state index contributed by atoms with van der Waals surface area (Å²) in [6, 6.07) is 7.81. The van der Waals surface area contributed by atoms with Gasteiger partial charge in [0, 0.05) is 18.0 Å². The Morgan fingerprint density at radius 2 is 2.15 bits per heavy atom. The van der Waals surface area contributed by atoms with Crippen molar-refractivity contribution in [3.63, 3.8) is 0 Å². The van der Waals surface area contributed by atoms with Gasteiger partial charge in [-0.2, -0.15) is 0 Å². The molecule has 0 unspecified atom stereocenters. The van der Waals surface area contributed by atoms with E-state index in [1.807, 2.05) is 38.1 Å². The maximum atomic E-state index is 5.72. The standard InChI is InChI=1S/C15H18N2O3/c1-15(2)19-10-13(20-15)9-18-12-5-3-11(4-6-12)14-16-7-8-17-14/h3-8,13H,9-10H2,1-2H3,(H,16,17)/t13-/m1/s1. The largest absolute Gasteiger partial charge is 0.491 e. The highest BCUT2D eigenvalue weighted by Crippen LogP contribution is 2.24. The van der Waals surface area contributed by atoms with Gasteiger partial charge in [-0.3, -0.25) is 0 Å². The fourth-order valence-corrected chi connectivity index (χ4v) is 2.17. The molecule has 5 nitrogen and oxygen atoms in total. The smallest absolute Gasteiger partial charge is 0.163 e. The average molecular weight is 274 g/mol. The molecule has 3 rings (SSSR count). The van der Waals surface area contributed by atoms with Crippen molar-refractivity contribution >= 4 is 0 Å². The van der Waals surface area contributed by atoms with Crippen molar-refractivity contribution in [2.45, 2.75) is 25.7 Å². The van der Waals surface area contributed by atoms with Crippen LogP contribution >= 0.6 is 0 Å². The topological polar surface area (TPSA) is 56.4 Å². The molecule has 0 amide bonds. The van der Waals surface area contributed by atoms with E-state index in [1.165, 1.54) is 0 Å². The molecule has 1 fully saturated rings. The molecule has 2 heterocycles. The Labute approximate surface area is 117 Å². The van der Waals surface area contributed by atoms with Gasteiger partial charge in [0.15, 0.2) is 5.79 Å². The Kier molecular flexibility index (Phi) is 3.46. The fourth-order valence-electron chi connectivity index (χ4n) is 2.17. The van der Waals surface area contributed by atoms with Crippen molar-refractivity contribution in [3.05, 3.63) is 36.7 Å². The average Bonchev–Trinajstić information content (AvgIpc) is 3.06. The van der Waals surface area contributed by atoms with Crippen LogP contribution in [0.4, 0.5) is 0 Å². The normalized spacial score (nSPS) is 21.0. The van der Waals surface area contributed by atoms with Crippen LogP contribution < -0.4 is 4.74 Å². The third-order valence-corrected chi connectivity index (χ3v) is 3.13. The molecule has 0 saturated carbocycles. The first-order chi connectivity index (χ1) is 9.62. The maximum Gasteiger partial charge on any atom is 0.163 e. The Hall–Kier alpha value is -1.85. The van der Waals surface area contributed by atoms with Gasteiger partial charge in [-0.1, -0.05) is 0 Å². The second-order valence-corrected chi connectivity index (χ2v) is 5.22. The highest BCUT2D eigenvalue weighted by atomic mass is 16.7. The van der Waals surface area contributed by atoms with Gasteiger partial charge >= 0.3 is 0 Å². The van der Waals surface area contributed by atoms with E-state index in [2.05, 4.69) is 9.97 Å². The summed E-state index contributed by atoms with van der Waals surface area (Å²) in [7, 11) is 0. The van der Waals surface area contributed by atoms with E-state index in [-0.39, 0.29) is 6.10 Å². The van der Waals surface area contributed by atoms with Crippen LogP contribution in [0.5, 0.6) is 5.75 Å². The lowest BCUT2D eigenvalue weighted by Crippen LogP contribution is -2.25. The summed E-state index contributed by atoms with van der Waals surface area (Å²) >= 11 is 0. The fraction of sp³-hybridized carbons (Fsp3) is 0.400. The predicted octanol–water partition coefficient (Wildman–Crippen LogP) is 2.61. The van der Waals surface area contributed by atoms with E-state index in [0.717, 1.165) is 17.1 Å². The summed E-state index contributed by atoms with van der Waals surface area (Å²) in [5, 5.41) is 0. The van der Waals surface area contributed by atoms with Crippen LogP contribution in [0.1, 0.15) is 13.8 Å². The molecule has 20 heavy (non-hydrogen) atoms. The molecule has 0 aliphatic carbocycles. The Morgan fingerprint density at radius 3 is 2.75 bits per heavy atom. The molecule has 1 saturated heterocycles. The zero-order chi connectivity index (χ0) is 14.0. The van der Waals surface area contributed by atoms with Crippen LogP contribution in [-0.4, -0.2) is 35.1 Å². The van der Waals surface area contributed by atoms with Gasteiger partial charge < -0.3 is 19.2 Å². The summed E-state index contributed by atoms with van der Waals surface area (Å²) in [6.07, 6.45) is 3.52. The number of H-pyrrole nitrogens is 1. The van der Waals surface area contributed by atoms with E-state index in [1.54, 1.807) is 12.4 Å². The van der Waals surface area contributed by atoms with Gasteiger partial charge in [0.25, 0.3) is 0 Å². The summed E-state index contributed by atoms with van der Waals surface area (Å²) < 4.78 is 16.9. The lowest BCUT2D eigenvalue weighted by atomic mass is 10.2. The molecule has 1 aromatic heterocycles. The Morgan fingerprint density at radius 1 is 1.35 bits per heavy atom. The summed E-state index contributed by atoms with van der Waals surface area (Å²) in [5.74, 6) is 1.16. The molecule has 1 N–H and O–H groups in total. The molecule has 106 valence electrons. The summed E-state index contributed by atoms with van der Waals surface area (Å²) in [5.41, 5.74) is 1.03. The quantitative estimate of drug-likeness (QED) is 0.931. The highest BCUT2D eigenvalue weighted by molar-refractivity contribution is 5.55. The minimum atomic E-state index is -0.503. The molecule has 0 bridgehead atoms. The zero-order valence-corrected chi connectivity index (χ0v) is 11.6. The molecule has 5 heteroatoms. The van der Waals surface area contributed by atoms with Gasteiger partial charge in [0.05, 0.1) is 6.61 Å². The van der Waals surface area contributed by atoms with Gasteiger partial charge in [0.1, 0.15) is 24.3 Å². The van der Waals surface area contributed by atoms with Gasteiger partial charge in [-0.05, 0) is 38.1 Å². The third-order valence-electron chi connectivity index (χ3n) is 3.13. The first-order valence-electron chi connectivity index (χ1n) is 6.67. The van der Waals surface area contributed by atoms with E-state index >= 15 is 0 Å². The SMILES string of the molecule is CC1(C)OC[C@@H](COc2ccc(-c3ncc[nH]3)cc2)O1. The molecule has 1 aliphatic heterocycles. The third kappa shape index (κ3) is 3.00. The van der Waals surface area contributed by atoms with Gasteiger partial charge in [-0.25, -0.2) is 4.98 Å². The molecule has 1 atom stereocenters. The molecule has 0 radical (unpaired) electrons. The minimum absolute atomic E-state index is 0.0187. The van der Waals surface area contributed by atoms with Crippen molar-refractivity contribution in [3.8, 4) is 17.1 Å². The van der Waals surface area contributed by atoms with Crippen molar-refractivity contribution in [1.82, 2.24) is 9.97 Å². The molecular formula is C15H18N2O3. The van der Waals surface area contributed by atoms with E-state index in [0.29, 0.717) is 13.2 Å². The van der Waals surface area contributed by atoms with Crippen molar-refractivity contribution in [2.24, 2.45) is 0 Å². The van der Waals surface area contributed by atoms with E-state index in [9.17, 15) is 0 Å².